The van der Waals surface area contributed by atoms with E-state index >= 15 is 0 Å². The summed E-state index contributed by atoms with van der Waals surface area (Å²) in [6.45, 7) is 2.51. The summed E-state index contributed by atoms with van der Waals surface area (Å²) < 4.78 is 10.6. The zero-order valence-corrected chi connectivity index (χ0v) is 17.7. The molecule has 0 aliphatic carbocycles. The highest BCUT2D eigenvalue weighted by Crippen LogP contribution is 2.31. The van der Waals surface area contributed by atoms with Crippen LogP contribution in [0.25, 0.3) is 0 Å². The number of aryl methyl sites for hydroxylation is 1. The quantitative estimate of drug-likeness (QED) is 0.365. The topological polar surface area (TPSA) is 111 Å². The van der Waals surface area contributed by atoms with E-state index < -0.39 is 4.92 Å². The van der Waals surface area contributed by atoms with Gasteiger partial charge in [0.15, 0.2) is 11.5 Å². The molecule has 2 N–H and O–H groups in total. The highest BCUT2D eigenvalue weighted by molar-refractivity contribution is 5.73. The lowest BCUT2D eigenvalue weighted by molar-refractivity contribution is -0.383. The molecule has 162 valence electrons. The number of nitrogens with zero attached hydrogens (tertiary/aromatic N) is 3. The summed E-state index contributed by atoms with van der Waals surface area (Å²) in [4.78, 5) is 19.4. The number of methoxy groups -OCH3 is 2. The van der Waals surface area contributed by atoms with Crippen molar-refractivity contribution in [2.45, 2.75) is 19.8 Å². The van der Waals surface area contributed by atoms with Crippen LogP contribution in [-0.2, 0) is 12.8 Å². The second kappa shape index (κ2) is 10.2. The van der Waals surface area contributed by atoms with Crippen LogP contribution in [-0.4, -0.2) is 35.7 Å². The molecule has 0 bridgehead atoms. The van der Waals surface area contributed by atoms with Crippen molar-refractivity contribution in [3.63, 3.8) is 0 Å². The lowest BCUT2D eigenvalue weighted by Gasteiger charge is -2.12. The molecule has 0 aliphatic rings. The Morgan fingerprint density at radius 3 is 2.29 bits per heavy atom. The molecule has 9 heteroatoms. The highest BCUT2D eigenvalue weighted by atomic mass is 16.6. The molecule has 0 spiro atoms. The molecule has 3 aromatic rings. The van der Waals surface area contributed by atoms with Gasteiger partial charge in [0.25, 0.3) is 0 Å². The van der Waals surface area contributed by atoms with Crippen LogP contribution >= 0.6 is 0 Å². The molecule has 3 rings (SSSR count). The maximum Gasteiger partial charge on any atom is 0.353 e. The Bertz CT molecular complexity index is 1040. The molecule has 31 heavy (non-hydrogen) atoms. The number of nitro groups is 1. The number of rotatable bonds is 10. The summed E-state index contributed by atoms with van der Waals surface area (Å²) >= 11 is 0. The Balaban J connectivity index is 1.74. The summed E-state index contributed by atoms with van der Waals surface area (Å²) in [7, 11) is 3.16. The Morgan fingerprint density at radius 2 is 1.65 bits per heavy atom. The van der Waals surface area contributed by atoms with Crippen molar-refractivity contribution in [1.29, 1.82) is 0 Å². The van der Waals surface area contributed by atoms with Crippen LogP contribution in [0, 0.1) is 10.1 Å². The summed E-state index contributed by atoms with van der Waals surface area (Å²) in [5.41, 5.74) is 2.70. The van der Waals surface area contributed by atoms with Crippen molar-refractivity contribution in [3.05, 3.63) is 70.0 Å². The minimum atomic E-state index is -0.485. The van der Waals surface area contributed by atoms with Gasteiger partial charge in [0, 0.05) is 12.2 Å². The van der Waals surface area contributed by atoms with Gasteiger partial charge >= 0.3 is 5.69 Å². The first-order valence-corrected chi connectivity index (χ1v) is 9.85. The predicted molar refractivity (Wildman–Crippen MR) is 120 cm³/mol. The standard InChI is InChI=1S/C22H25N5O4/c1-4-15-5-8-17(9-6-15)26-22-20(27(28)29)21(24-14-25-22)23-12-11-16-7-10-18(30-2)19(13-16)31-3/h5-10,13-14H,4,11-12H2,1-3H3,(H2,23,24,25,26). The average Bonchev–Trinajstić information content (AvgIpc) is 2.79. The van der Waals surface area contributed by atoms with Gasteiger partial charge in [0.05, 0.1) is 19.1 Å². The summed E-state index contributed by atoms with van der Waals surface area (Å²) in [6, 6.07) is 13.3. The van der Waals surface area contributed by atoms with E-state index in [1.165, 1.54) is 11.9 Å². The highest BCUT2D eigenvalue weighted by Gasteiger charge is 2.23. The maximum absolute atomic E-state index is 11.7. The van der Waals surface area contributed by atoms with Crippen LogP contribution in [0.4, 0.5) is 23.0 Å². The minimum absolute atomic E-state index is 0.137. The van der Waals surface area contributed by atoms with Crippen LogP contribution in [0.2, 0.25) is 0 Å². The summed E-state index contributed by atoms with van der Waals surface area (Å²) in [5, 5.41) is 17.8. The lowest BCUT2D eigenvalue weighted by Crippen LogP contribution is -2.11. The van der Waals surface area contributed by atoms with Crippen molar-refractivity contribution < 1.29 is 14.4 Å². The SMILES string of the molecule is CCc1ccc(Nc2ncnc(NCCc3ccc(OC)c(OC)c3)c2[N+](=O)[O-])cc1. The molecule has 9 nitrogen and oxygen atoms in total. The number of hydrogen-bond acceptors (Lipinski definition) is 8. The predicted octanol–water partition coefficient (Wildman–Crippen LogP) is 4.36. The van der Waals surface area contributed by atoms with Crippen LogP contribution in [0.5, 0.6) is 11.5 Å². The van der Waals surface area contributed by atoms with Gasteiger partial charge in [-0.3, -0.25) is 10.1 Å². The zero-order chi connectivity index (χ0) is 22.2. The van der Waals surface area contributed by atoms with E-state index in [2.05, 4.69) is 27.5 Å². The van der Waals surface area contributed by atoms with Gasteiger partial charge in [0.2, 0.25) is 11.6 Å². The molecule has 0 atom stereocenters. The largest absolute Gasteiger partial charge is 0.493 e. The molecule has 1 heterocycles. The van der Waals surface area contributed by atoms with Crippen molar-refractivity contribution in [1.82, 2.24) is 9.97 Å². The Labute approximate surface area is 180 Å². The fraction of sp³-hybridized carbons (Fsp3) is 0.273. The first kappa shape index (κ1) is 21.8. The third-order valence-corrected chi connectivity index (χ3v) is 4.78. The third kappa shape index (κ3) is 5.39. The van der Waals surface area contributed by atoms with Gasteiger partial charge in [0.1, 0.15) is 6.33 Å². The van der Waals surface area contributed by atoms with Gasteiger partial charge in [-0.1, -0.05) is 25.1 Å². The molecule has 0 radical (unpaired) electrons. The van der Waals surface area contributed by atoms with Crippen LogP contribution in [0.3, 0.4) is 0 Å². The zero-order valence-electron chi connectivity index (χ0n) is 17.7. The smallest absolute Gasteiger partial charge is 0.353 e. The molecule has 0 unspecified atom stereocenters. The van der Waals surface area contributed by atoms with E-state index in [4.69, 9.17) is 9.47 Å². The maximum atomic E-state index is 11.7. The van der Waals surface area contributed by atoms with Gasteiger partial charge < -0.3 is 20.1 Å². The van der Waals surface area contributed by atoms with Gasteiger partial charge in [-0.15, -0.1) is 0 Å². The summed E-state index contributed by atoms with van der Waals surface area (Å²) in [5.74, 6) is 1.58. The Kier molecular flexibility index (Phi) is 7.21. The van der Waals surface area contributed by atoms with Gasteiger partial charge in [-0.25, -0.2) is 9.97 Å². The van der Waals surface area contributed by atoms with Crippen molar-refractivity contribution in [3.8, 4) is 11.5 Å². The van der Waals surface area contributed by atoms with Crippen LogP contribution < -0.4 is 20.1 Å². The normalized spacial score (nSPS) is 10.4. The van der Waals surface area contributed by atoms with E-state index in [-0.39, 0.29) is 17.3 Å². The Morgan fingerprint density at radius 1 is 0.968 bits per heavy atom. The molecule has 0 amide bonds. The number of aromatic nitrogens is 2. The van der Waals surface area contributed by atoms with Crippen LogP contribution in [0.1, 0.15) is 18.1 Å². The van der Waals surface area contributed by atoms with Crippen molar-refractivity contribution in [2.75, 3.05) is 31.4 Å². The molecular weight excluding hydrogens is 398 g/mol. The molecule has 0 aliphatic heterocycles. The van der Waals surface area contributed by atoms with E-state index in [1.54, 1.807) is 14.2 Å². The number of hydrogen-bond donors (Lipinski definition) is 2. The number of anilines is 3. The number of nitrogens with one attached hydrogen (secondary N) is 2. The molecule has 0 fully saturated rings. The molecule has 0 saturated heterocycles. The fourth-order valence-corrected chi connectivity index (χ4v) is 3.09. The van der Waals surface area contributed by atoms with Crippen LogP contribution in [0.15, 0.2) is 48.8 Å². The number of ether oxygens (including phenoxy) is 2. The fourth-order valence-electron chi connectivity index (χ4n) is 3.09. The average molecular weight is 423 g/mol. The molecule has 0 saturated carbocycles. The van der Waals surface area contributed by atoms with E-state index in [9.17, 15) is 10.1 Å². The van der Waals surface area contributed by atoms with Crippen molar-refractivity contribution in [2.24, 2.45) is 0 Å². The second-order valence-corrected chi connectivity index (χ2v) is 6.72. The van der Waals surface area contributed by atoms with E-state index in [0.717, 1.165) is 17.7 Å². The minimum Gasteiger partial charge on any atom is -0.493 e. The van der Waals surface area contributed by atoms with Gasteiger partial charge in [-0.05, 0) is 48.2 Å². The lowest BCUT2D eigenvalue weighted by atomic mass is 10.1. The second-order valence-electron chi connectivity index (χ2n) is 6.72. The molecular formula is C22H25N5O4. The first-order valence-electron chi connectivity index (χ1n) is 9.85. The van der Waals surface area contributed by atoms with E-state index in [0.29, 0.717) is 24.5 Å². The number of benzene rings is 2. The molecule has 2 aromatic carbocycles. The van der Waals surface area contributed by atoms with Gasteiger partial charge in [-0.2, -0.15) is 0 Å². The first-order chi connectivity index (χ1) is 15.0. The van der Waals surface area contributed by atoms with E-state index in [1.807, 2.05) is 42.5 Å². The molecule has 1 aromatic heterocycles. The third-order valence-electron chi connectivity index (χ3n) is 4.78. The summed E-state index contributed by atoms with van der Waals surface area (Å²) in [6.07, 6.45) is 2.83. The van der Waals surface area contributed by atoms with Crippen molar-refractivity contribution >= 4 is 23.0 Å². The Hall–Kier alpha value is -3.88. The monoisotopic (exact) mass is 423 g/mol.